The van der Waals surface area contributed by atoms with Crippen LogP contribution in [0.25, 0.3) is 0 Å². The highest BCUT2D eigenvalue weighted by atomic mass is 35.5. The van der Waals surface area contributed by atoms with Crippen molar-refractivity contribution in [2.45, 2.75) is 19.4 Å². The Bertz CT molecular complexity index is 877. The summed E-state index contributed by atoms with van der Waals surface area (Å²) in [4.78, 5) is 40.8. The molecule has 1 unspecified atom stereocenters. The lowest BCUT2D eigenvalue weighted by molar-refractivity contribution is -0.151. The van der Waals surface area contributed by atoms with Gasteiger partial charge in [-0.15, -0.1) is 0 Å². The maximum atomic E-state index is 12.6. The number of nitrogens with one attached hydrogen (secondary N) is 1. The van der Waals surface area contributed by atoms with E-state index in [0.717, 1.165) is 5.56 Å². The molecule has 1 N–H and O–H groups in total. The molecule has 1 aromatic carbocycles. The Kier molecular flexibility index (Phi) is 8.08. The zero-order valence-electron chi connectivity index (χ0n) is 17.4. The van der Waals surface area contributed by atoms with Crippen LogP contribution in [0.2, 0.25) is 5.02 Å². The molecule has 2 heterocycles. The molecule has 2 aromatic rings. The Morgan fingerprint density at radius 3 is 2.45 bits per heavy atom. The molecule has 1 atom stereocenters. The largest absolute Gasteiger partial charge is 0.465 e. The van der Waals surface area contributed by atoms with Gasteiger partial charge < -0.3 is 19.4 Å². The summed E-state index contributed by atoms with van der Waals surface area (Å²) in [6, 6.07) is 9.80. The molecule has 8 nitrogen and oxygen atoms in total. The molecule has 0 saturated carbocycles. The minimum Gasteiger partial charge on any atom is -0.465 e. The van der Waals surface area contributed by atoms with Crippen molar-refractivity contribution in [3.05, 3.63) is 59.0 Å². The molecule has 166 valence electrons. The maximum Gasteiger partial charge on any atom is 0.328 e. The molecule has 1 fully saturated rings. The summed E-state index contributed by atoms with van der Waals surface area (Å²) in [5.74, 6) is -0.486. The first-order valence-corrected chi connectivity index (χ1v) is 10.6. The van der Waals surface area contributed by atoms with Crippen LogP contribution in [0.15, 0.2) is 47.1 Å². The van der Waals surface area contributed by atoms with E-state index in [-0.39, 0.29) is 36.5 Å². The lowest BCUT2D eigenvalue weighted by Crippen LogP contribution is -2.51. The summed E-state index contributed by atoms with van der Waals surface area (Å²) >= 11 is 5.98. The minimum absolute atomic E-state index is 0.0430. The van der Waals surface area contributed by atoms with E-state index in [9.17, 15) is 14.4 Å². The van der Waals surface area contributed by atoms with Gasteiger partial charge in [-0.1, -0.05) is 23.7 Å². The number of hydrogen-bond donors (Lipinski definition) is 1. The lowest BCUT2D eigenvalue weighted by Gasteiger charge is -2.38. The summed E-state index contributed by atoms with van der Waals surface area (Å²) in [6.45, 7) is 4.37. The van der Waals surface area contributed by atoms with Crippen molar-refractivity contribution in [1.29, 1.82) is 0 Å². The maximum absolute atomic E-state index is 12.6. The Labute approximate surface area is 186 Å². The van der Waals surface area contributed by atoms with Crippen LogP contribution in [0.3, 0.4) is 0 Å². The van der Waals surface area contributed by atoms with Crippen LogP contribution in [-0.4, -0.2) is 66.9 Å². The summed E-state index contributed by atoms with van der Waals surface area (Å²) < 4.78 is 10.3. The van der Waals surface area contributed by atoms with Crippen LogP contribution in [0.5, 0.6) is 0 Å². The van der Waals surface area contributed by atoms with E-state index < -0.39 is 6.04 Å². The number of nitrogens with zero attached hydrogens (tertiary/aromatic N) is 2. The van der Waals surface area contributed by atoms with Gasteiger partial charge >= 0.3 is 5.97 Å². The minimum atomic E-state index is -0.540. The van der Waals surface area contributed by atoms with Crippen LogP contribution < -0.4 is 5.32 Å². The van der Waals surface area contributed by atoms with Crippen molar-refractivity contribution in [2.24, 2.45) is 0 Å². The number of rotatable bonds is 8. The van der Waals surface area contributed by atoms with Gasteiger partial charge in [0.1, 0.15) is 6.04 Å². The molecule has 1 aromatic heterocycles. The van der Waals surface area contributed by atoms with Gasteiger partial charge in [0.2, 0.25) is 5.91 Å². The normalized spacial score (nSPS) is 15.4. The van der Waals surface area contributed by atoms with Crippen LogP contribution in [0.4, 0.5) is 0 Å². The second kappa shape index (κ2) is 11.0. The smallest absolute Gasteiger partial charge is 0.328 e. The zero-order chi connectivity index (χ0) is 22.2. The topological polar surface area (TPSA) is 92.1 Å². The Morgan fingerprint density at radius 2 is 1.84 bits per heavy atom. The molecular formula is C22H26ClN3O5. The van der Waals surface area contributed by atoms with E-state index in [1.165, 1.54) is 6.26 Å². The zero-order valence-corrected chi connectivity index (χ0v) is 18.1. The molecule has 0 bridgehead atoms. The van der Waals surface area contributed by atoms with Crippen LogP contribution in [0, 0.1) is 0 Å². The fourth-order valence-electron chi connectivity index (χ4n) is 3.53. The van der Waals surface area contributed by atoms with Crippen LogP contribution in [0.1, 0.15) is 35.5 Å². The van der Waals surface area contributed by atoms with Gasteiger partial charge in [0.25, 0.3) is 5.91 Å². The first-order chi connectivity index (χ1) is 15.0. The van der Waals surface area contributed by atoms with E-state index in [1.54, 1.807) is 36.1 Å². The molecule has 0 radical (unpaired) electrons. The predicted octanol–water partition coefficient (Wildman–Crippen LogP) is 2.50. The van der Waals surface area contributed by atoms with Gasteiger partial charge in [-0.2, -0.15) is 0 Å². The van der Waals surface area contributed by atoms with Crippen molar-refractivity contribution < 1.29 is 23.5 Å². The summed E-state index contributed by atoms with van der Waals surface area (Å²) in [5, 5.41) is 3.27. The standard InChI is InChI=1S/C22H26ClN3O5/c1-2-30-22(29)20(16-5-7-17(23)8-6-16)26-13-11-25(12-14-26)19(27)9-10-24-21(28)18-4-3-15-31-18/h3-8,15,20H,2,9-14H2,1H3,(H,24,28). The lowest BCUT2D eigenvalue weighted by atomic mass is 10.0. The summed E-state index contributed by atoms with van der Waals surface area (Å²) in [5.41, 5.74) is 0.809. The number of amides is 2. The van der Waals surface area contributed by atoms with Crippen molar-refractivity contribution in [3.63, 3.8) is 0 Å². The molecule has 1 saturated heterocycles. The summed E-state index contributed by atoms with van der Waals surface area (Å²) in [6.07, 6.45) is 1.62. The molecule has 1 aliphatic heterocycles. The van der Waals surface area contributed by atoms with Gasteiger partial charge in [-0.05, 0) is 36.8 Å². The van der Waals surface area contributed by atoms with Gasteiger partial charge in [-0.3, -0.25) is 14.5 Å². The van der Waals surface area contributed by atoms with Crippen molar-refractivity contribution in [1.82, 2.24) is 15.1 Å². The Balaban J connectivity index is 1.52. The molecule has 0 spiro atoms. The fraction of sp³-hybridized carbons (Fsp3) is 0.409. The third kappa shape index (κ3) is 6.08. The number of ether oxygens (including phenoxy) is 1. The van der Waals surface area contributed by atoms with Gasteiger partial charge in [0.15, 0.2) is 5.76 Å². The highest BCUT2D eigenvalue weighted by Crippen LogP contribution is 2.25. The number of esters is 1. The first kappa shape index (κ1) is 22.8. The van der Waals surface area contributed by atoms with E-state index in [0.29, 0.717) is 37.8 Å². The number of piperazine rings is 1. The molecule has 31 heavy (non-hydrogen) atoms. The SMILES string of the molecule is CCOC(=O)C(c1ccc(Cl)cc1)N1CCN(C(=O)CCNC(=O)c2ccco2)CC1. The third-order valence-corrected chi connectivity index (χ3v) is 5.35. The van der Waals surface area contributed by atoms with Gasteiger partial charge in [-0.25, -0.2) is 4.79 Å². The highest BCUT2D eigenvalue weighted by molar-refractivity contribution is 6.30. The van der Waals surface area contributed by atoms with Gasteiger partial charge in [0, 0.05) is 44.2 Å². The molecule has 1 aliphatic rings. The second-order valence-corrected chi connectivity index (χ2v) is 7.54. The predicted molar refractivity (Wildman–Crippen MR) is 115 cm³/mol. The highest BCUT2D eigenvalue weighted by Gasteiger charge is 2.32. The van der Waals surface area contributed by atoms with Gasteiger partial charge in [0.05, 0.1) is 12.9 Å². The van der Waals surface area contributed by atoms with Crippen LogP contribution >= 0.6 is 11.6 Å². The number of hydrogen-bond acceptors (Lipinski definition) is 6. The number of carbonyl (C=O) groups is 3. The van der Waals surface area contributed by atoms with E-state index in [4.69, 9.17) is 20.8 Å². The molecule has 2 amide bonds. The fourth-order valence-corrected chi connectivity index (χ4v) is 3.65. The number of halogens is 1. The monoisotopic (exact) mass is 447 g/mol. The van der Waals surface area contributed by atoms with E-state index in [2.05, 4.69) is 5.32 Å². The number of benzene rings is 1. The van der Waals surface area contributed by atoms with Crippen molar-refractivity contribution in [2.75, 3.05) is 39.3 Å². The number of furan rings is 1. The molecule has 0 aliphatic carbocycles. The average molecular weight is 448 g/mol. The summed E-state index contributed by atoms with van der Waals surface area (Å²) in [7, 11) is 0. The number of carbonyl (C=O) groups excluding carboxylic acids is 3. The molecular weight excluding hydrogens is 422 g/mol. The Morgan fingerprint density at radius 1 is 1.13 bits per heavy atom. The molecule has 9 heteroatoms. The van der Waals surface area contributed by atoms with Crippen molar-refractivity contribution in [3.8, 4) is 0 Å². The third-order valence-electron chi connectivity index (χ3n) is 5.10. The Hall–Kier alpha value is -2.84. The quantitative estimate of drug-likeness (QED) is 0.625. The van der Waals surface area contributed by atoms with Crippen LogP contribution in [-0.2, 0) is 14.3 Å². The first-order valence-electron chi connectivity index (χ1n) is 10.2. The molecule has 3 rings (SSSR count). The van der Waals surface area contributed by atoms with E-state index >= 15 is 0 Å². The van der Waals surface area contributed by atoms with Crippen molar-refractivity contribution >= 4 is 29.4 Å². The van der Waals surface area contributed by atoms with E-state index in [1.807, 2.05) is 17.0 Å². The second-order valence-electron chi connectivity index (χ2n) is 7.11. The average Bonchev–Trinajstić information content (AvgIpc) is 3.31.